The number of carbonyl (C=O) groups is 2. The molecule has 2 rings (SSSR count). The van der Waals surface area contributed by atoms with Crippen LogP contribution in [0.2, 0.25) is 0 Å². The zero-order chi connectivity index (χ0) is 17.5. The van der Waals surface area contributed by atoms with Crippen LogP contribution in [0.25, 0.3) is 0 Å². The van der Waals surface area contributed by atoms with Crippen molar-refractivity contribution in [1.82, 2.24) is 0 Å². The Kier molecular flexibility index (Phi) is 5.95. The van der Waals surface area contributed by atoms with E-state index in [1.807, 2.05) is 37.3 Å². The lowest BCUT2D eigenvalue weighted by Crippen LogP contribution is -2.34. The number of likely N-dealkylation sites (N-methyl/N-ethyl adjacent to an activating group) is 1. The molecule has 0 aliphatic carbocycles. The lowest BCUT2D eigenvalue weighted by Gasteiger charge is -2.21. The Balaban J connectivity index is 2.09. The highest BCUT2D eigenvalue weighted by Crippen LogP contribution is 2.28. The summed E-state index contributed by atoms with van der Waals surface area (Å²) in [6.07, 6.45) is 0. The predicted molar refractivity (Wildman–Crippen MR) is 93.0 cm³/mol. The van der Waals surface area contributed by atoms with Gasteiger partial charge in [-0.1, -0.05) is 18.2 Å². The van der Waals surface area contributed by atoms with Gasteiger partial charge in [-0.3, -0.25) is 9.59 Å². The minimum Gasteiger partial charge on any atom is -0.493 e. The fraction of sp³-hybridized carbons (Fsp3) is 0.263. The molecular formula is C19H21NO4. The van der Waals surface area contributed by atoms with Gasteiger partial charge in [-0.25, -0.2) is 0 Å². The van der Waals surface area contributed by atoms with Crippen LogP contribution in [-0.4, -0.2) is 32.0 Å². The number of ketones is 1. The summed E-state index contributed by atoms with van der Waals surface area (Å²) in [6.45, 7) is 3.83. The van der Waals surface area contributed by atoms with Crippen LogP contribution in [0, 0.1) is 0 Å². The van der Waals surface area contributed by atoms with Gasteiger partial charge in [0.1, 0.15) is 0 Å². The van der Waals surface area contributed by atoms with Gasteiger partial charge >= 0.3 is 0 Å². The molecule has 0 atom stereocenters. The van der Waals surface area contributed by atoms with Crippen molar-refractivity contribution in [2.75, 3.05) is 25.2 Å². The summed E-state index contributed by atoms with van der Waals surface area (Å²) in [5.74, 6) is 0.650. The highest BCUT2D eigenvalue weighted by Gasteiger charge is 2.16. The first-order chi connectivity index (χ1) is 11.6. The van der Waals surface area contributed by atoms with E-state index < -0.39 is 0 Å². The lowest BCUT2D eigenvalue weighted by atomic mass is 10.1. The van der Waals surface area contributed by atoms with E-state index in [4.69, 9.17) is 9.47 Å². The van der Waals surface area contributed by atoms with Crippen LogP contribution in [0.1, 0.15) is 24.2 Å². The highest BCUT2D eigenvalue weighted by atomic mass is 16.5. The van der Waals surface area contributed by atoms with Crippen molar-refractivity contribution >= 4 is 17.4 Å². The van der Waals surface area contributed by atoms with Crippen molar-refractivity contribution in [3.05, 3.63) is 54.1 Å². The molecule has 0 heterocycles. The fourth-order valence-electron chi connectivity index (χ4n) is 2.33. The summed E-state index contributed by atoms with van der Waals surface area (Å²) in [6, 6.07) is 14.3. The number of ether oxygens (including phenoxy) is 2. The second-order valence-electron chi connectivity index (χ2n) is 5.18. The maximum Gasteiger partial charge on any atom is 0.264 e. The number of hydrogen-bond acceptors (Lipinski definition) is 4. The van der Waals surface area contributed by atoms with Gasteiger partial charge in [0, 0.05) is 17.8 Å². The van der Waals surface area contributed by atoms with Crippen LogP contribution in [0.3, 0.4) is 0 Å². The van der Waals surface area contributed by atoms with Gasteiger partial charge in [-0.05, 0) is 44.2 Å². The summed E-state index contributed by atoms with van der Waals surface area (Å²) in [7, 11) is 1.50. The first-order valence-corrected chi connectivity index (χ1v) is 7.74. The van der Waals surface area contributed by atoms with Crippen molar-refractivity contribution in [1.29, 1.82) is 0 Å². The molecule has 0 fully saturated rings. The van der Waals surface area contributed by atoms with Crippen LogP contribution in [0.5, 0.6) is 11.5 Å². The number of amides is 1. The summed E-state index contributed by atoms with van der Waals surface area (Å²) >= 11 is 0. The molecule has 0 unspecified atom stereocenters. The van der Waals surface area contributed by atoms with Crippen LogP contribution < -0.4 is 14.4 Å². The van der Waals surface area contributed by atoms with Crippen molar-refractivity contribution < 1.29 is 19.1 Å². The van der Waals surface area contributed by atoms with Crippen molar-refractivity contribution in [3.8, 4) is 11.5 Å². The second-order valence-corrected chi connectivity index (χ2v) is 5.18. The van der Waals surface area contributed by atoms with Gasteiger partial charge in [-0.2, -0.15) is 0 Å². The zero-order valence-corrected chi connectivity index (χ0v) is 14.1. The summed E-state index contributed by atoms with van der Waals surface area (Å²) in [4.78, 5) is 25.5. The van der Waals surface area contributed by atoms with Crippen molar-refractivity contribution in [2.24, 2.45) is 0 Å². The molecule has 0 spiro atoms. The quantitative estimate of drug-likeness (QED) is 0.732. The number of carbonyl (C=O) groups excluding carboxylic acids is 2. The van der Waals surface area contributed by atoms with Gasteiger partial charge in [0.05, 0.1) is 7.11 Å². The molecule has 0 saturated carbocycles. The summed E-state index contributed by atoms with van der Waals surface area (Å²) in [5, 5.41) is 0. The Labute approximate surface area is 141 Å². The number of Topliss-reactive ketones (excluding diaryl/α,β-unsaturated/α-hetero) is 1. The minimum absolute atomic E-state index is 0.0582. The number of methoxy groups -OCH3 is 1. The monoisotopic (exact) mass is 327 g/mol. The molecule has 0 saturated heterocycles. The number of hydrogen-bond donors (Lipinski definition) is 0. The van der Waals surface area contributed by atoms with Crippen LogP contribution in [0.15, 0.2) is 48.5 Å². The van der Waals surface area contributed by atoms with E-state index in [-0.39, 0.29) is 18.3 Å². The third-order valence-corrected chi connectivity index (χ3v) is 3.61. The summed E-state index contributed by atoms with van der Waals surface area (Å²) in [5.41, 5.74) is 1.36. The molecule has 2 aromatic rings. The van der Waals surface area contributed by atoms with E-state index >= 15 is 0 Å². The van der Waals surface area contributed by atoms with Gasteiger partial charge in [0.25, 0.3) is 5.91 Å². The Bertz CT molecular complexity index is 713. The average Bonchev–Trinajstić information content (AvgIpc) is 2.61. The molecule has 0 aromatic heterocycles. The molecule has 0 N–H and O–H groups in total. The topological polar surface area (TPSA) is 55.8 Å². The molecule has 126 valence electrons. The van der Waals surface area contributed by atoms with E-state index in [1.54, 1.807) is 23.1 Å². The molecule has 1 amide bonds. The van der Waals surface area contributed by atoms with E-state index in [9.17, 15) is 9.59 Å². The largest absolute Gasteiger partial charge is 0.493 e. The second kappa shape index (κ2) is 8.15. The maximum atomic E-state index is 12.4. The predicted octanol–water partition coefficient (Wildman–Crippen LogP) is 3.33. The van der Waals surface area contributed by atoms with Crippen molar-refractivity contribution in [2.45, 2.75) is 13.8 Å². The SMILES string of the molecule is CCN(C(=O)COc1ccc(C(C)=O)cc1OC)c1ccccc1. The third kappa shape index (κ3) is 4.13. The van der Waals surface area contributed by atoms with Gasteiger partial charge < -0.3 is 14.4 Å². The van der Waals surface area contributed by atoms with Gasteiger partial charge in [0.15, 0.2) is 23.9 Å². The average molecular weight is 327 g/mol. The van der Waals surface area contributed by atoms with Crippen LogP contribution >= 0.6 is 0 Å². The molecule has 0 aliphatic heterocycles. The number of para-hydroxylation sites is 1. The van der Waals surface area contributed by atoms with Gasteiger partial charge in [0.2, 0.25) is 0 Å². The van der Waals surface area contributed by atoms with Crippen LogP contribution in [-0.2, 0) is 4.79 Å². The molecule has 0 aliphatic rings. The standard InChI is InChI=1S/C19H21NO4/c1-4-20(16-8-6-5-7-9-16)19(22)13-24-17-11-10-15(14(2)21)12-18(17)23-3/h5-12H,4,13H2,1-3H3. The molecule has 5 heteroatoms. The minimum atomic E-state index is -0.151. The molecule has 5 nitrogen and oxygen atoms in total. The van der Waals surface area contributed by atoms with Gasteiger partial charge in [-0.15, -0.1) is 0 Å². The molecule has 2 aromatic carbocycles. The lowest BCUT2D eigenvalue weighted by molar-refractivity contribution is -0.120. The number of anilines is 1. The van der Waals surface area contributed by atoms with Crippen molar-refractivity contribution in [3.63, 3.8) is 0 Å². The Morgan fingerprint density at radius 3 is 2.33 bits per heavy atom. The van der Waals surface area contributed by atoms with Crippen LogP contribution in [0.4, 0.5) is 5.69 Å². The smallest absolute Gasteiger partial charge is 0.264 e. The number of nitrogens with zero attached hydrogens (tertiary/aromatic N) is 1. The highest BCUT2D eigenvalue weighted by molar-refractivity contribution is 5.95. The van der Waals surface area contributed by atoms with E-state index in [2.05, 4.69) is 0 Å². The fourth-order valence-corrected chi connectivity index (χ4v) is 2.33. The Hall–Kier alpha value is -2.82. The van der Waals surface area contributed by atoms with E-state index in [0.717, 1.165) is 5.69 Å². The molecule has 0 radical (unpaired) electrons. The van der Waals surface area contributed by atoms with E-state index in [0.29, 0.717) is 23.6 Å². The number of benzene rings is 2. The Morgan fingerprint density at radius 1 is 1.04 bits per heavy atom. The van der Waals surface area contributed by atoms with E-state index in [1.165, 1.54) is 14.0 Å². The first kappa shape index (κ1) is 17.5. The first-order valence-electron chi connectivity index (χ1n) is 7.74. The normalized spacial score (nSPS) is 10.1. The number of rotatable bonds is 7. The molecular weight excluding hydrogens is 306 g/mol. The molecule has 24 heavy (non-hydrogen) atoms. The third-order valence-electron chi connectivity index (χ3n) is 3.61. The molecule has 0 bridgehead atoms. The summed E-state index contributed by atoms with van der Waals surface area (Å²) < 4.78 is 10.8. The maximum absolute atomic E-state index is 12.4. The Morgan fingerprint density at radius 2 is 1.75 bits per heavy atom. The zero-order valence-electron chi connectivity index (χ0n) is 14.1.